The zero-order valence-electron chi connectivity index (χ0n) is 16.5. The van der Waals surface area contributed by atoms with Gasteiger partial charge in [-0.25, -0.2) is 9.07 Å². The van der Waals surface area contributed by atoms with Gasteiger partial charge < -0.3 is 4.90 Å². The number of benzene rings is 3. The van der Waals surface area contributed by atoms with Crippen molar-refractivity contribution in [2.24, 2.45) is 0 Å². The van der Waals surface area contributed by atoms with Gasteiger partial charge in [0.25, 0.3) is 5.91 Å². The molecule has 1 atom stereocenters. The summed E-state index contributed by atoms with van der Waals surface area (Å²) in [4.78, 5) is 15.6. The Bertz CT molecular complexity index is 1210. The number of para-hydroxylation sites is 2. The zero-order valence-corrected chi connectivity index (χ0v) is 16.5. The minimum atomic E-state index is -0.323. The van der Waals surface area contributed by atoms with Crippen LogP contribution in [0.15, 0.2) is 85.1 Å². The summed E-state index contributed by atoms with van der Waals surface area (Å²) >= 11 is 0. The van der Waals surface area contributed by atoms with Crippen molar-refractivity contribution >= 4 is 11.6 Å². The first-order chi connectivity index (χ1) is 14.6. The summed E-state index contributed by atoms with van der Waals surface area (Å²) in [5.41, 5.74) is 4.70. The summed E-state index contributed by atoms with van der Waals surface area (Å²) in [6.07, 6.45) is 2.59. The number of hydrogen-bond donors (Lipinski definition) is 0. The maximum Gasteiger partial charge on any atom is 0.262 e. The Hall–Kier alpha value is -3.73. The fraction of sp³-hybridized carbons (Fsp3) is 0.120. The minimum absolute atomic E-state index is 0.0519. The van der Waals surface area contributed by atoms with E-state index in [2.05, 4.69) is 13.0 Å². The maximum atomic E-state index is 13.7. The Morgan fingerprint density at radius 3 is 2.43 bits per heavy atom. The van der Waals surface area contributed by atoms with Crippen LogP contribution >= 0.6 is 0 Å². The van der Waals surface area contributed by atoms with Gasteiger partial charge in [-0.05, 0) is 61.4 Å². The van der Waals surface area contributed by atoms with Crippen LogP contribution in [-0.4, -0.2) is 21.7 Å². The molecule has 2 heterocycles. The van der Waals surface area contributed by atoms with Crippen LogP contribution < -0.4 is 4.90 Å². The van der Waals surface area contributed by atoms with Crippen molar-refractivity contribution in [1.29, 1.82) is 0 Å². The molecule has 1 aliphatic heterocycles. The highest BCUT2D eigenvalue weighted by molar-refractivity contribution is 6.11. The highest BCUT2D eigenvalue weighted by atomic mass is 19.1. The van der Waals surface area contributed by atoms with E-state index in [0.717, 1.165) is 23.4 Å². The van der Waals surface area contributed by atoms with Crippen molar-refractivity contribution in [2.75, 3.05) is 4.90 Å². The fourth-order valence-electron chi connectivity index (χ4n) is 4.07. The highest BCUT2D eigenvalue weighted by Gasteiger charge is 2.33. The second kappa shape index (κ2) is 7.26. The molecule has 0 N–H and O–H groups in total. The zero-order chi connectivity index (χ0) is 20.7. The number of rotatable bonds is 3. The molecule has 30 heavy (non-hydrogen) atoms. The number of fused-ring (bicyclic) bond motifs is 1. The molecule has 3 aromatic carbocycles. The van der Waals surface area contributed by atoms with Gasteiger partial charge in [-0.2, -0.15) is 5.10 Å². The van der Waals surface area contributed by atoms with Gasteiger partial charge in [0.05, 0.1) is 11.3 Å². The number of amides is 1. The van der Waals surface area contributed by atoms with E-state index < -0.39 is 0 Å². The van der Waals surface area contributed by atoms with Gasteiger partial charge >= 0.3 is 0 Å². The maximum absolute atomic E-state index is 13.7. The van der Waals surface area contributed by atoms with E-state index in [0.29, 0.717) is 16.8 Å². The van der Waals surface area contributed by atoms with Crippen molar-refractivity contribution in [2.45, 2.75) is 19.4 Å². The van der Waals surface area contributed by atoms with E-state index in [1.807, 2.05) is 53.4 Å². The van der Waals surface area contributed by atoms with Crippen LogP contribution in [0.1, 0.15) is 22.8 Å². The van der Waals surface area contributed by atoms with Crippen molar-refractivity contribution in [1.82, 2.24) is 9.78 Å². The van der Waals surface area contributed by atoms with E-state index in [1.165, 1.54) is 12.1 Å². The number of carbonyl (C=O) groups is 1. The van der Waals surface area contributed by atoms with Gasteiger partial charge in [0.2, 0.25) is 0 Å². The number of hydrogen-bond acceptors (Lipinski definition) is 2. The van der Waals surface area contributed by atoms with Crippen LogP contribution in [0.5, 0.6) is 0 Å². The van der Waals surface area contributed by atoms with Gasteiger partial charge in [-0.3, -0.25) is 4.79 Å². The molecule has 0 bridgehead atoms. The van der Waals surface area contributed by atoms with Gasteiger partial charge in [-0.1, -0.05) is 36.4 Å². The summed E-state index contributed by atoms with van der Waals surface area (Å²) in [7, 11) is 0. The molecule has 0 aliphatic carbocycles. The first-order valence-corrected chi connectivity index (χ1v) is 9.94. The molecular weight excluding hydrogens is 377 g/mol. The average Bonchev–Trinajstić information content (AvgIpc) is 3.35. The molecular formula is C25H20FN3O. The highest BCUT2D eigenvalue weighted by Crippen LogP contribution is 2.35. The normalized spacial score (nSPS) is 15.3. The summed E-state index contributed by atoms with van der Waals surface area (Å²) in [5.74, 6) is -0.426. The van der Waals surface area contributed by atoms with Crippen molar-refractivity contribution in [3.05, 3.63) is 102 Å². The molecule has 0 unspecified atom stereocenters. The Balaban J connectivity index is 1.64. The minimum Gasteiger partial charge on any atom is -0.305 e. The summed E-state index contributed by atoms with van der Waals surface area (Å²) in [6.45, 7) is 2.05. The molecule has 0 saturated carbocycles. The van der Waals surface area contributed by atoms with Gasteiger partial charge in [-0.15, -0.1) is 0 Å². The molecule has 4 nitrogen and oxygen atoms in total. The number of aromatic nitrogens is 2. The molecule has 5 heteroatoms. The quantitative estimate of drug-likeness (QED) is 0.472. The second-order valence-corrected chi connectivity index (χ2v) is 7.54. The fourth-order valence-corrected chi connectivity index (χ4v) is 4.07. The van der Waals surface area contributed by atoms with Crippen molar-refractivity contribution < 1.29 is 9.18 Å². The third kappa shape index (κ3) is 3.08. The van der Waals surface area contributed by atoms with Crippen LogP contribution in [0, 0.1) is 5.82 Å². The lowest BCUT2D eigenvalue weighted by Gasteiger charge is -2.22. The largest absolute Gasteiger partial charge is 0.305 e. The summed E-state index contributed by atoms with van der Waals surface area (Å²) in [6, 6.07) is 23.8. The van der Waals surface area contributed by atoms with Crippen LogP contribution in [0.2, 0.25) is 0 Å². The molecule has 0 spiro atoms. The van der Waals surface area contributed by atoms with Crippen LogP contribution in [0.4, 0.5) is 10.1 Å². The molecule has 4 aromatic rings. The lowest BCUT2D eigenvalue weighted by molar-refractivity contribution is 0.0982. The molecule has 148 valence electrons. The van der Waals surface area contributed by atoms with Crippen LogP contribution in [0.25, 0.3) is 16.9 Å². The Labute approximate surface area is 174 Å². The first-order valence-electron chi connectivity index (χ1n) is 9.94. The second-order valence-electron chi connectivity index (χ2n) is 7.54. The molecule has 0 saturated heterocycles. The average molecular weight is 397 g/mol. The third-order valence-corrected chi connectivity index (χ3v) is 5.51. The van der Waals surface area contributed by atoms with Gasteiger partial charge in [0, 0.05) is 23.5 Å². The van der Waals surface area contributed by atoms with E-state index in [4.69, 9.17) is 5.10 Å². The van der Waals surface area contributed by atoms with Crippen LogP contribution in [0.3, 0.4) is 0 Å². The smallest absolute Gasteiger partial charge is 0.262 e. The standard InChI is InChI=1S/C25H20FN3O/c1-17-15-19-7-5-6-10-23(19)29(17)25(30)22-16-28(21-8-3-2-4-9-21)27-24(22)18-11-13-20(26)14-12-18/h2-14,16-17H,15H2,1H3/t17-/m0/s1. The van der Waals surface area contributed by atoms with E-state index >= 15 is 0 Å². The molecule has 5 rings (SSSR count). The summed E-state index contributed by atoms with van der Waals surface area (Å²) < 4.78 is 15.2. The molecule has 1 aliphatic rings. The number of carbonyl (C=O) groups excluding carboxylic acids is 1. The number of nitrogens with zero attached hydrogens (tertiary/aromatic N) is 3. The Morgan fingerprint density at radius 1 is 0.967 bits per heavy atom. The van der Waals surface area contributed by atoms with Gasteiger partial charge in [0.15, 0.2) is 0 Å². The molecule has 0 radical (unpaired) electrons. The van der Waals surface area contributed by atoms with Crippen LogP contribution in [-0.2, 0) is 6.42 Å². The molecule has 1 amide bonds. The topological polar surface area (TPSA) is 38.1 Å². The summed E-state index contributed by atoms with van der Waals surface area (Å²) in [5, 5.41) is 4.70. The van der Waals surface area contributed by atoms with Gasteiger partial charge in [0.1, 0.15) is 11.5 Å². The Kier molecular flexibility index (Phi) is 4.43. The lowest BCUT2D eigenvalue weighted by Crippen LogP contribution is -2.35. The van der Waals surface area contributed by atoms with E-state index in [-0.39, 0.29) is 17.8 Å². The number of anilines is 1. The molecule has 1 aromatic heterocycles. The first kappa shape index (κ1) is 18.3. The van der Waals surface area contributed by atoms with Crippen molar-refractivity contribution in [3.8, 4) is 16.9 Å². The Morgan fingerprint density at radius 2 is 1.67 bits per heavy atom. The lowest BCUT2D eigenvalue weighted by atomic mass is 10.1. The SMILES string of the molecule is C[C@H]1Cc2ccccc2N1C(=O)c1cn(-c2ccccc2)nc1-c1ccc(F)cc1. The predicted octanol–water partition coefficient (Wildman–Crippen LogP) is 5.27. The third-order valence-electron chi connectivity index (χ3n) is 5.51. The van der Waals surface area contributed by atoms with E-state index in [1.54, 1.807) is 23.0 Å². The monoisotopic (exact) mass is 397 g/mol. The number of halogens is 1. The predicted molar refractivity (Wildman–Crippen MR) is 115 cm³/mol. The van der Waals surface area contributed by atoms with Crippen molar-refractivity contribution in [3.63, 3.8) is 0 Å². The van der Waals surface area contributed by atoms with E-state index in [9.17, 15) is 9.18 Å². The molecule has 0 fully saturated rings.